The molecule has 0 unspecified atom stereocenters. The molecule has 2 N–H and O–H groups in total. The van der Waals surface area contributed by atoms with Gasteiger partial charge in [-0.2, -0.15) is 5.10 Å². The molecule has 3 nitrogen and oxygen atoms in total. The Morgan fingerprint density at radius 2 is 1.78 bits per heavy atom. The molecule has 3 aromatic rings. The van der Waals surface area contributed by atoms with Gasteiger partial charge in [0.1, 0.15) is 5.69 Å². The summed E-state index contributed by atoms with van der Waals surface area (Å²) in [7, 11) is 0. The summed E-state index contributed by atoms with van der Waals surface area (Å²) < 4.78 is 0. The monoisotopic (exact) mass is 255 g/mol. The summed E-state index contributed by atoms with van der Waals surface area (Å²) in [6, 6.07) is 13.2. The van der Waals surface area contributed by atoms with Gasteiger partial charge in [-0.1, -0.05) is 29.8 Å². The maximum absolute atomic E-state index is 6.04. The Kier molecular flexibility index (Phi) is 2.61. The van der Waals surface area contributed by atoms with Gasteiger partial charge in [-0.15, -0.1) is 5.10 Å². The van der Waals surface area contributed by atoms with Crippen LogP contribution in [0.25, 0.3) is 22.0 Å². The Labute approximate surface area is 109 Å². The fraction of sp³-hybridized carbons (Fsp3) is 0. The van der Waals surface area contributed by atoms with Crippen LogP contribution < -0.4 is 5.73 Å². The highest BCUT2D eigenvalue weighted by atomic mass is 35.5. The minimum absolute atomic E-state index is 0.687. The standard InChI is InChI=1S/C14H10ClN3/c15-11-4-1-10-8-17-18-14(13(10)7-11)9-2-5-12(16)6-3-9/h1-8H,16H2. The molecule has 4 heteroatoms. The maximum Gasteiger partial charge on any atom is 0.101 e. The molecule has 0 atom stereocenters. The first-order valence-corrected chi connectivity index (χ1v) is 5.89. The van der Waals surface area contributed by atoms with Crippen LogP contribution in [0.3, 0.4) is 0 Å². The summed E-state index contributed by atoms with van der Waals surface area (Å²) in [5.74, 6) is 0. The Morgan fingerprint density at radius 3 is 2.56 bits per heavy atom. The van der Waals surface area contributed by atoms with Gasteiger partial charge in [-0.3, -0.25) is 0 Å². The second-order valence-corrected chi connectivity index (χ2v) is 4.48. The smallest absolute Gasteiger partial charge is 0.101 e. The molecule has 88 valence electrons. The minimum atomic E-state index is 0.687. The lowest BCUT2D eigenvalue weighted by Gasteiger charge is -2.05. The molecule has 0 amide bonds. The van der Waals surface area contributed by atoms with Crippen molar-refractivity contribution in [1.82, 2.24) is 10.2 Å². The van der Waals surface area contributed by atoms with Gasteiger partial charge in [-0.25, -0.2) is 0 Å². The molecule has 0 bridgehead atoms. The van der Waals surface area contributed by atoms with Crippen molar-refractivity contribution in [2.75, 3.05) is 5.73 Å². The van der Waals surface area contributed by atoms with E-state index in [1.54, 1.807) is 6.20 Å². The van der Waals surface area contributed by atoms with E-state index >= 15 is 0 Å². The van der Waals surface area contributed by atoms with Crippen molar-refractivity contribution < 1.29 is 0 Å². The van der Waals surface area contributed by atoms with Crippen LogP contribution in [0, 0.1) is 0 Å². The van der Waals surface area contributed by atoms with Crippen molar-refractivity contribution >= 4 is 28.1 Å². The van der Waals surface area contributed by atoms with Crippen molar-refractivity contribution in [1.29, 1.82) is 0 Å². The fourth-order valence-electron chi connectivity index (χ4n) is 1.90. The zero-order valence-corrected chi connectivity index (χ0v) is 10.2. The fourth-order valence-corrected chi connectivity index (χ4v) is 2.08. The molecule has 1 heterocycles. The molecule has 0 saturated carbocycles. The molecule has 0 fully saturated rings. The summed E-state index contributed by atoms with van der Waals surface area (Å²) in [5, 5.41) is 10.9. The third-order valence-corrected chi connectivity index (χ3v) is 3.04. The molecule has 0 saturated heterocycles. The van der Waals surface area contributed by atoms with Crippen LogP contribution >= 0.6 is 11.6 Å². The number of rotatable bonds is 1. The van der Waals surface area contributed by atoms with Crippen LogP contribution in [0.1, 0.15) is 0 Å². The first kappa shape index (κ1) is 11.0. The van der Waals surface area contributed by atoms with Gasteiger partial charge in [0, 0.05) is 27.0 Å². The van der Waals surface area contributed by atoms with Gasteiger partial charge in [0.2, 0.25) is 0 Å². The first-order chi connectivity index (χ1) is 8.74. The Hall–Kier alpha value is -2.13. The van der Waals surface area contributed by atoms with E-state index in [4.69, 9.17) is 17.3 Å². The van der Waals surface area contributed by atoms with E-state index in [0.717, 1.165) is 27.7 Å². The molecular weight excluding hydrogens is 246 g/mol. The van der Waals surface area contributed by atoms with Crippen molar-refractivity contribution in [2.24, 2.45) is 0 Å². The van der Waals surface area contributed by atoms with Crippen molar-refractivity contribution in [3.05, 3.63) is 53.7 Å². The normalized spacial score (nSPS) is 10.7. The van der Waals surface area contributed by atoms with Crippen molar-refractivity contribution in [3.63, 3.8) is 0 Å². The van der Waals surface area contributed by atoms with Crippen LogP contribution in [0.2, 0.25) is 5.02 Å². The predicted molar refractivity (Wildman–Crippen MR) is 74.4 cm³/mol. The average Bonchev–Trinajstić information content (AvgIpc) is 2.39. The Morgan fingerprint density at radius 1 is 1.00 bits per heavy atom. The molecule has 3 rings (SSSR count). The van der Waals surface area contributed by atoms with E-state index < -0.39 is 0 Å². The summed E-state index contributed by atoms with van der Waals surface area (Å²) in [5.41, 5.74) is 8.20. The van der Waals surface area contributed by atoms with E-state index in [-0.39, 0.29) is 0 Å². The summed E-state index contributed by atoms with van der Waals surface area (Å²) >= 11 is 6.04. The van der Waals surface area contributed by atoms with Crippen LogP contribution in [0.4, 0.5) is 5.69 Å². The van der Waals surface area contributed by atoms with Crippen LogP contribution in [-0.4, -0.2) is 10.2 Å². The molecule has 0 aliphatic heterocycles. The number of nitrogens with two attached hydrogens (primary N) is 1. The molecular formula is C14H10ClN3. The van der Waals surface area contributed by atoms with E-state index in [1.807, 2.05) is 42.5 Å². The second-order valence-electron chi connectivity index (χ2n) is 4.05. The molecule has 0 radical (unpaired) electrons. The third kappa shape index (κ3) is 1.89. The molecule has 0 spiro atoms. The Balaban J connectivity index is 2.28. The van der Waals surface area contributed by atoms with Gasteiger partial charge in [0.25, 0.3) is 0 Å². The third-order valence-electron chi connectivity index (χ3n) is 2.81. The van der Waals surface area contributed by atoms with Crippen LogP contribution in [-0.2, 0) is 0 Å². The maximum atomic E-state index is 6.04. The lowest BCUT2D eigenvalue weighted by atomic mass is 10.1. The zero-order valence-electron chi connectivity index (χ0n) is 9.47. The van der Waals surface area contributed by atoms with Gasteiger partial charge in [0.05, 0.1) is 6.20 Å². The Bertz CT molecular complexity index is 708. The topological polar surface area (TPSA) is 51.8 Å². The molecule has 2 aromatic carbocycles. The van der Waals surface area contributed by atoms with E-state index in [1.165, 1.54) is 0 Å². The number of hydrogen-bond acceptors (Lipinski definition) is 3. The number of anilines is 1. The average molecular weight is 256 g/mol. The van der Waals surface area contributed by atoms with Gasteiger partial charge in [-0.05, 0) is 24.3 Å². The number of hydrogen-bond donors (Lipinski definition) is 1. The van der Waals surface area contributed by atoms with Gasteiger partial charge >= 0.3 is 0 Å². The highest BCUT2D eigenvalue weighted by Crippen LogP contribution is 2.28. The molecule has 1 aromatic heterocycles. The van der Waals surface area contributed by atoms with E-state index in [2.05, 4.69) is 10.2 Å². The van der Waals surface area contributed by atoms with Crippen LogP contribution in [0.5, 0.6) is 0 Å². The SMILES string of the molecule is Nc1ccc(-c2nncc3ccc(Cl)cc23)cc1. The van der Waals surface area contributed by atoms with Crippen molar-refractivity contribution in [2.45, 2.75) is 0 Å². The molecule has 18 heavy (non-hydrogen) atoms. The summed E-state index contributed by atoms with van der Waals surface area (Å²) in [6.07, 6.45) is 1.73. The number of halogens is 1. The molecule has 0 aliphatic rings. The molecule has 0 aliphatic carbocycles. The number of nitrogen functional groups attached to an aromatic ring is 1. The van der Waals surface area contributed by atoms with Crippen LogP contribution in [0.15, 0.2) is 48.7 Å². The number of aromatic nitrogens is 2. The minimum Gasteiger partial charge on any atom is -0.399 e. The summed E-state index contributed by atoms with van der Waals surface area (Å²) in [6.45, 7) is 0. The quantitative estimate of drug-likeness (QED) is 0.677. The summed E-state index contributed by atoms with van der Waals surface area (Å²) in [4.78, 5) is 0. The van der Waals surface area contributed by atoms with Gasteiger partial charge in [0.15, 0.2) is 0 Å². The predicted octanol–water partition coefficient (Wildman–Crippen LogP) is 3.53. The van der Waals surface area contributed by atoms with Crippen molar-refractivity contribution in [3.8, 4) is 11.3 Å². The lowest BCUT2D eigenvalue weighted by molar-refractivity contribution is 1.06. The largest absolute Gasteiger partial charge is 0.399 e. The van der Waals surface area contributed by atoms with E-state index in [0.29, 0.717) is 5.02 Å². The second kappa shape index (κ2) is 4.27. The van der Waals surface area contributed by atoms with E-state index in [9.17, 15) is 0 Å². The number of benzene rings is 2. The number of fused-ring (bicyclic) bond motifs is 1. The zero-order chi connectivity index (χ0) is 12.5. The number of nitrogens with zero attached hydrogens (tertiary/aromatic N) is 2. The van der Waals surface area contributed by atoms with Gasteiger partial charge < -0.3 is 5.73 Å². The first-order valence-electron chi connectivity index (χ1n) is 5.51. The lowest BCUT2D eigenvalue weighted by Crippen LogP contribution is -1.90. The highest BCUT2D eigenvalue weighted by Gasteiger charge is 2.06. The highest BCUT2D eigenvalue weighted by molar-refractivity contribution is 6.31.